The third-order valence-corrected chi connectivity index (χ3v) is 6.38. The van der Waals surface area contributed by atoms with Crippen molar-refractivity contribution in [2.75, 3.05) is 11.9 Å². The summed E-state index contributed by atoms with van der Waals surface area (Å²) < 4.78 is 11.3. The van der Waals surface area contributed by atoms with Crippen LogP contribution in [-0.4, -0.2) is 34.0 Å². The van der Waals surface area contributed by atoms with Crippen LogP contribution in [0.2, 0.25) is 0 Å². The van der Waals surface area contributed by atoms with E-state index >= 15 is 0 Å². The molecule has 1 N–H and O–H groups in total. The van der Waals surface area contributed by atoms with Crippen molar-refractivity contribution in [1.82, 2.24) is 9.88 Å². The third-order valence-electron chi connectivity index (χ3n) is 5.39. The molecule has 2 aromatic heterocycles. The van der Waals surface area contributed by atoms with Gasteiger partial charge in [-0.15, -0.1) is 0 Å². The number of hydrogen-bond donors (Lipinski definition) is 1. The normalized spacial score (nSPS) is 20.6. The first-order valence-corrected chi connectivity index (χ1v) is 11.3. The van der Waals surface area contributed by atoms with Crippen molar-refractivity contribution in [3.63, 3.8) is 0 Å². The number of carbonyl (C=O) groups excluding carboxylic acids is 2. The number of hydrogen-bond acceptors (Lipinski definition) is 6. The van der Waals surface area contributed by atoms with Crippen molar-refractivity contribution in [2.24, 2.45) is 5.92 Å². The maximum absolute atomic E-state index is 12.4. The molecule has 3 heterocycles. The smallest absolute Gasteiger partial charge is 0.410 e. The van der Waals surface area contributed by atoms with Gasteiger partial charge in [-0.2, -0.15) is 0 Å². The van der Waals surface area contributed by atoms with Crippen LogP contribution in [0.3, 0.4) is 0 Å². The first kappa shape index (κ1) is 20.9. The van der Waals surface area contributed by atoms with E-state index in [2.05, 4.69) is 17.2 Å². The molecule has 0 saturated heterocycles. The van der Waals surface area contributed by atoms with Gasteiger partial charge in [0.1, 0.15) is 17.1 Å². The molecule has 0 bridgehead atoms. The molecule has 0 radical (unpaired) electrons. The van der Waals surface area contributed by atoms with Gasteiger partial charge in [-0.3, -0.25) is 4.79 Å². The molecular weight excluding hydrogens is 402 g/mol. The van der Waals surface area contributed by atoms with Gasteiger partial charge in [0.05, 0.1) is 12.2 Å². The van der Waals surface area contributed by atoms with Gasteiger partial charge in [0.2, 0.25) is 5.91 Å². The minimum absolute atomic E-state index is 0.0807. The lowest BCUT2D eigenvalue weighted by atomic mass is 10.2. The van der Waals surface area contributed by atoms with Crippen molar-refractivity contribution in [1.29, 1.82) is 0 Å². The van der Waals surface area contributed by atoms with Crippen LogP contribution in [-0.2, 0) is 28.9 Å². The van der Waals surface area contributed by atoms with Gasteiger partial charge >= 0.3 is 6.09 Å². The van der Waals surface area contributed by atoms with E-state index in [0.717, 1.165) is 22.1 Å². The highest BCUT2D eigenvalue weighted by atomic mass is 32.1. The third kappa shape index (κ3) is 5.03. The molecule has 7 nitrogen and oxygen atoms in total. The number of nitrogens with one attached hydrogen (secondary N) is 1. The lowest BCUT2D eigenvalue weighted by Gasteiger charge is -2.29. The Morgan fingerprint density at radius 1 is 1.37 bits per heavy atom. The summed E-state index contributed by atoms with van der Waals surface area (Å²) in [5, 5.41) is 3.48. The molecular formula is C22H29N3O4S. The number of aryl methyl sites for hydroxylation is 1. The quantitative estimate of drug-likeness (QED) is 0.740. The number of rotatable bonds is 5. The zero-order chi connectivity index (χ0) is 21.5. The number of aromatic nitrogens is 1. The predicted octanol–water partition coefficient (Wildman–Crippen LogP) is 4.72. The average Bonchev–Trinajstić information content (AvgIpc) is 3.06. The molecule has 0 spiro atoms. The topological polar surface area (TPSA) is 84.7 Å². The second kappa shape index (κ2) is 8.06. The van der Waals surface area contributed by atoms with Crippen LogP contribution in [0, 0.1) is 5.92 Å². The molecule has 1 saturated carbocycles. The van der Waals surface area contributed by atoms with E-state index in [1.165, 1.54) is 17.8 Å². The fourth-order valence-corrected chi connectivity index (χ4v) is 4.64. The fraction of sp³-hybridized carbons (Fsp3) is 0.591. The summed E-state index contributed by atoms with van der Waals surface area (Å²) >= 11 is 1.43. The van der Waals surface area contributed by atoms with Crippen LogP contribution in [0.25, 0.3) is 0 Å². The van der Waals surface area contributed by atoms with E-state index in [1.807, 2.05) is 32.9 Å². The molecule has 2 atom stereocenters. The van der Waals surface area contributed by atoms with Crippen LogP contribution in [0.4, 0.5) is 9.93 Å². The molecule has 8 heteroatoms. The van der Waals surface area contributed by atoms with Gasteiger partial charge in [-0.1, -0.05) is 18.3 Å². The number of thiazole rings is 1. The standard InChI is InChI=1S/C22H29N3O4S/c1-13-11-15(13)17-7-5-14(28-17)6-8-19(26)24-20-23-16-9-10-25(12-18(16)30-20)21(27)29-22(2,3)4/h5,7,13,15H,6,8-12H2,1-4H3,(H,23,24,26). The Kier molecular flexibility index (Phi) is 5.61. The maximum Gasteiger partial charge on any atom is 0.410 e. The molecule has 2 amide bonds. The lowest BCUT2D eigenvalue weighted by molar-refractivity contribution is -0.116. The number of anilines is 1. The van der Waals surface area contributed by atoms with Crippen molar-refractivity contribution < 1.29 is 18.7 Å². The number of fused-ring (bicyclic) bond motifs is 1. The molecule has 1 aliphatic heterocycles. The van der Waals surface area contributed by atoms with Gasteiger partial charge in [0.25, 0.3) is 0 Å². The van der Waals surface area contributed by atoms with Crippen molar-refractivity contribution in [3.8, 4) is 0 Å². The maximum atomic E-state index is 12.4. The molecule has 162 valence electrons. The van der Waals surface area contributed by atoms with E-state index < -0.39 is 5.60 Å². The van der Waals surface area contributed by atoms with Crippen LogP contribution in [0.15, 0.2) is 16.5 Å². The molecule has 2 aromatic rings. The lowest BCUT2D eigenvalue weighted by Crippen LogP contribution is -2.39. The molecule has 4 rings (SSSR count). The Labute approximate surface area is 180 Å². The van der Waals surface area contributed by atoms with Gasteiger partial charge in [0, 0.05) is 36.6 Å². The minimum Gasteiger partial charge on any atom is -0.466 e. The highest BCUT2D eigenvalue weighted by Crippen LogP contribution is 2.47. The second-order valence-electron chi connectivity index (χ2n) is 9.21. The highest BCUT2D eigenvalue weighted by Gasteiger charge is 2.36. The van der Waals surface area contributed by atoms with Crippen LogP contribution >= 0.6 is 11.3 Å². The zero-order valence-corrected chi connectivity index (χ0v) is 18.8. The summed E-state index contributed by atoms with van der Waals surface area (Å²) in [7, 11) is 0. The predicted molar refractivity (Wildman–Crippen MR) is 115 cm³/mol. The fourth-order valence-electron chi connectivity index (χ4n) is 3.60. The van der Waals surface area contributed by atoms with Crippen molar-refractivity contribution in [2.45, 2.75) is 71.4 Å². The van der Waals surface area contributed by atoms with Crippen LogP contribution in [0.5, 0.6) is 0 Å². The molecule has 2 unspecified atom stereocenters. The summed E-state index contributed by atoms with van der Waals surface area (Å²) in [6.45, 7) is 8.83. The Bertz CT molecular complexity index is 943. The number of amides is 2. The van der Waals surface area contributed by atoms with E-state index in [9.17, 15) is 9.59 Å². The Morgan fingerprint density at radius 3 is 2.83 bits per heavy atom. The van der Waals surface area contributed by atoms with E-state index in [1.54, 1.807) is 4.90 Å². The Balaban J connectivity index is 1.28. The Hall–Kier alpha value is -2.35. The molecule has 1 aliphatic carbocycles. The number of ether oxygens (including phenoxy) is 1. The zero-order valence-electron chi connectivity index (χ0n) is 18.0. The van der Waals surface area contributed by atoms with Gasteiger partial charge in [0.15, 0.2) is 5.13 Å². The largest absolute Gasteiger partial charge is 0.466 e. The summed E-state index contributed by atoms with van der Waals surface area (Å²) in [5.41, 5.74) is 0.430. The van der Waals surface area contributed by atoms with E-state index in [0.29, 0.717) is 49.3 Å². The van der Waals surface area contributed by atoms with E-state index in [4.69, 9.17) is 9.15 Å². The number of nitrogens with zero attached hydrogens (tertiary/aromatic N) is 2. The summed E-state index contributed by atoms with van der Waals surface area (Å²) in [5.74, 6) is 3.07. The van der Waals surface area contributed by atoms with Crippen molar-refractivity contribution >= 4 is 28.5 Å². The molecule has 1 fully saturated rings. The van der Waals surface area contributed by atoms with Gasteiger partial charge in [-0.25, -0.2) is 9.78 Å². The monoisotopic (exact) mass is 431 g/mol. The first-order valence-electron chi connectivity index (χ1n) is 10.5. The summed E-state index contributed by atoms with van der Waals surface area (Å²) in [4.78, 5) is 31.9. The molecule has 0 aromatic carbocycles. The van der Waals surface area contributed by atoms with Gasteiger partial charge < -0.3 is 19.4 Å². The minimum atomic E-state index is -0.518. The average molecular weight is 432 g/mol. The SMILES string of the molecule is CC1CC1c1ccc(CCC(=O)Nc2nc3c(s2)CN(C(=O)OC(C)(C)C)CC3)o1. The van der Waals surface area contributed by atoms with E-state index in [-0.39, 0.29) is 12.0 Å². The number of furan rings is 1. The summed E-state index contributed by atoms with van der Waals surface area (Å²) in [6, 6.07) is 4.01. The Morgan fingerprint density at radius 2 is 2.13 bits per heavy atom. The highest BCUT2D eigenvalue weighted by molar-refractivity contribution is 7.15. The molecule has 2 aliphatic rings. The second-order valence-corrected chi connectivity index (χ2v) is 10.3. The summed E-state index contributed by atoms with van der Waals surface area (Å²) in [6.07, 6.45) is 2.46. The van der Waals surface area contributed by atoms with Crippen LogP contribution in [0.1, 0.15) is 68.5 Å². The molecule has 30 heavy (non-hydrogen) atoms. The van der Waals surface area contributed by atoms with Gasteiger partial charge in [-0.05, 0) is 45.2 Å². The van der Waals surface area contributed by atoms with Crippen LogP contribution < -0.4 is 5.32 Å². The first-order chi connectivity index (χ1) is 14.2. The number of carbonyl (C=O) groups is 2. The van der Waals surface area contributed by atoms with Crippen molar-refractivity contribution in [3.05, 3.63) is 34.2 Å².